The van der Waals surface area contributed by atoms with Crippen LogP contribution in [0.15, 0.2) is 48.5 Å². The van der Waals surface area contributed by atoms with Gasteiger partial charge >= 0.3 is 0 Å². The Morgan fingerprint density at radius 2 is 1.96 bits per heavy atom. The Morgan fingerprint density at radius 1 is 1.17 bits per heavy atom. The van der Waals surface area contributed by atoms with Gasteiger partial charge in [0.1, 0.15) is 10.8 Å². The average Bonchev–Trinajstić information content (AvgIpc) is 3.04. The molecule has 0 atom stereocenters. The molecule has 3 rings (SSSR count). The van der Waals surface area contributed by atoms with E-state index in [-0.39, 0.29) is 12.3 Å². The van der Waals surface area contributed by atoms with Gasteiger partial charge in [-0.1, -0.05) is 53.8 Å². The Hall–Kier alpha value is -2.73. The van der Waals surface area contributed by atoms with Crippen molar-refractivity contribution in [2.24, 2.45) is 0 Å². The standard InChI is InChI=1S/C18H17N3O2S/c1-12-10-13(8-9-15(12)23-2)11-16(22)19-18-21-20-17(24-18)14-6-4-3-5-7-14/h3-10H,11H2,1-2H3,(H,19,21,22). The summed E-state index contributed by atoms with van der Waals surface area (Å²) < 4.78 is 5.23. The van der Waals surface area contributed by atoms with Crippen molar-refractivity contribution in [2.75, 3.05) is 12.4 Å². The van der Waals surface area contributed by atoms with E-state index in [9.17, 15) is 4.79 Å². The van der Waals surface area contributed by atoms with Crippen molar-refractivity contribution < 1.29 is 9.53 Å². The maximum Gasteiger partial charge on any atom is 0.230 e. The normalized spacial score (nSPS) is 10.4. The molecule has 0 spiro atoms. The number of aromatic nitrogens is 2. The van der Waals surface area contributed by atoms with Gasteiger partial charge in [-0.25, -0.2) is 0 Å². The molecule has 122 valence electrons. The van der Waals surface area contributed by atoms with Crippen molar-refractivity contribution in [3.63, 3.8) is 0 Å². The summed E-state index contributed by atoms with van der Waals surface area (Å²) >= 11 is 1.36. The molecule has 2 aromatic carbocycles. The maximum atomic E-state index is 12.2. The molecule has 0 radical (unpaired) electrons. The molecule has 0 fully saturated rings. The van der Waals surface area contributed by atoms with Crippen molar-refractivity contribution in [1.82, 2.24) is 10.2 Å². The zero-order chi connectivity index (χ0) is 16.9. The van der Waals surface area contributed by atoms with E-state index in [4.69, 9.17) is 4.74 Å². The van der Waals surface area contributed by atoms with Crippen LogP contribution in [0.1, 0.15) is 11.1 Å². The number of amides is 1. The number of methoxy groups -OCH3 is 1. The van der Waals surface area contributed by atoms with Crippen molar-refractivity contribution >= 4 is 22.4 Å². The molecule has 0 saturated carbocycles. The van der Waals surface area contributed by atoms with Crippen LogP contribution in [0.2, 0.25) is 0 Å². The molecule has 1 amide bonds. The molecule has 5 nitrogen and oxygen atoms in total. The summed E-state index contributed by atoms with van der Waals surface area (Å²) in [5.41, 5.74) is 2.92. The van der Waals surface area contributed by atoms with Crippen LogP contribution in [0.25, 0.3) is 10.6 Å². The number of aryl methyl sites for hydroxylation is 1. The number of rotatable bonds is 5. The molecule has 0 bridgehead atoms. The van der Waals surface area contributed by atoms with Gasteiger partial charge in [0.05, 0.1) is 13.5 Å². The van der Waals surface area contributed by atoms with E-state index in [2.05, 4.69) is 15.5 Å². The molecule has 0 aliphatic rings. The van der Waals surface area contributed by atoms with Crippen LogP contribution < -0.4 is 10.1 Å². The molecular formula is C18H17N3O2S. The van der Waals surface area contributed by atoms with Gasteiger partial charge < -0.3 is 10.1 Å². The molecule has 0 saturated heterocycles. The molecular weight excluding hydrogens is 322 g/mol. The van der Waals surface area contributed by atoms with Crippen LogP contribution in [-0.2, 0) is 11.2 Å². The summed E-state index contributed by atoms with van der Waals surface area (Å²) in [5, 5.41) is 12.2. The number of anilines is 1. The first-order chi connectivity index (χ1) is 11.7. The second-order valence-corrected chi connectivity index (χ2v) is 6.28. The van der Waals surface area contributed by atoms with Gasteiger partial charge in [0, 0.05) is 5.56 Å². The Balaban J connectivity index is 1.65. The quantitative estimate of drug-likeness (QED) is 0.770. The van der Waals surface area contributed by atoms with Crippen LogP contribution in [0, 0.1) is 6.92 Å². The fourth-order valence-electron chi connectivity index (χ4n) is 2.37. The summed E-state index contributed by atoms with van der Waals surface area (Å²) in [7, 11) is 1.63. The van der Waals surface area contributed by atoms with E-state index in [1.54, 1.807) is 7.11 Å². The fourth-order valence-corrected chi connectivity index (χ4v) is 3.14. The highest BCUT2D eigenvalue weighted by molar-refractivity contribution is 7.18. The lowest BCUT2D eigenvalue weighted by Gasteiger charge is -2.07. The van der Waals surface area contributed by atoms with Crippen LogP contribution in [0.3, 0.4) is 0 Å². The summed E-state index contributed by atoms with van der Waals surface area (Å²) in [6.07, 6.45) is 0.283. The first-order valence-electron chi connectivity index (χ1n) is 7.48. The Morgan fingerprint density at radius 3 is 2.67 bits per heavy atom. The zero-order valence-electron chi connectivity index (χ0n) is 13.4. The molecule has 1 heterocycles. The van der Waals surface area contributed by atoms with Gasteiger partial charge in [-0.15, -0.1) is 10.2 Å². The van der Waals surface area contributed by atoms with Gasteiger partial charge in [-0.05, 0) is 24.1 Å². The van der Waals surface area contributed by atoms with Crippen molar-refractivity contribution in [3.8, 4) is 16.3 Å². The van der Waals surface area contributed by atoms with Crippen LogP contribution in [0.5, 0.6) is 5.75 Å². The third-order valence-electron chi connectivity index (χ3n) is 3.52. The molecule has 1 N–H and O–H groups in total. The van der Waals surface area contributed by atoms with Crippen LogP contribution in [-0.4, -0.2) is 23.2 Å². The molecule has 1 aromatic heterocycles. The van der Waals surface area contributed by atoms with Crippen molar-refractivity contribution in [3.05, 3.63) is 59.7 Å². The molecule has 3 aromatic rings. The average molecular weight is 339 g/mol. The number of benzene rings is 2. The van der Waals surface area contributed by atoms with E-state index in [0.29, 0.717) is 5.13 Å². The monoisotopic (exact) mass is 339 g/mol. The lowest BCUT2D eigenvalue weighted by molar-refractivity contribution is -0.115. The topological polar surface area (TPSA) is 64.1 Å². The third-order valence-corrected chi connectivity index (χ3v) is 4.40. The summed E-state index contributed by atoms with van der Waals surface area (Å²) in [6.45, 7) is 1.96. The lowest BCUT2D eigenvalue weighted by Crippen LogP contribution is -2.14. The van der Waals surface area contributed by atoms with Gasteiger partial charge in [0.15, 0.2) is 0 Å². The molecule has 0 aliphatic carbocycles. The highest BCUT2D eigenvalue weighted by atomic mass is 32.1. The lowest BCUT2D eigenvalue weighted by atomic mass is 10.1. The van der Waals surface area contributed by atoms with E-state index in [1.165, 1.54) is 11.3 Å². The molecule has 0 unspecified atom stereocenters. The third kappa shape index (κ3) is 3.78. The van der Waals surface area contributed by atoms with Crippen molar-refractivity contribution in [2.45, 2.75) is 13.3 Å². The number of hydrogen-bond acceptors (Lipinski definition) is 5. The first kappa shape index (κ1) is 16.1. The number of nitrogens with zero attached hydrogens (tertiary/aromatic N) is 2. The first-order valence-corrected chi connectivity index (χ1v) is 8.29. The number of hydrogen-bond donors (Lipinski definition) is 1. The van der Waals surface area contributed by atoms with Gasteiger partial charge in [-0.3, -0.25) is 4.79 Å². The molecule has 24 heavy (non-hydrogen) atoms. The summed E-state index contributed by atoms with van der Waals surface area (Å²) in [5.74, 6) is 0.700. The van der Waals surface area contributed by atoms with Gasteiger partial charge in [0.25, 0.3) is 0 Å². The minimum absolute atomic E-state index is 0.115. The summed E-state index contributed by atoms with van der Waals surface area (Å²) in [6, 6.07) is 15.5. The van der Waals surface area contributed by atoms with Crippen LogP contribution in [0.4, 0.5) is 5.13 Å². The minimum atomic E-state index is -0.115. The Kier molecular flexibility index (Phi) is 4.86. The highest BCUT2D eigenvalue weighted by Gasteiger charge is 2.11. The Labute approximate surface area is 144 Å². The number of carbonyl (C=O) groups excluding carboxylic acids is 1. The smallest absolute Gasteiger partial charge is 0.230 e. The minimum Gasteiger partial charge on any atom is -0.496 e. The maximum absolute atomic E-state index is 12.2. The number of ether oxygens (including phenoxy) is 1. The predicted molar refractivity (Wildman–Crippen MR) is 95.4 cm³/mol. The van der Waals surface area contributed by atoms with Crippen molar-refractivity contribution in [1.29, 1.82) is 0 Å². The number of carbonyl (C=O) groups is 1. The Bertz CT molecular complexity index is 846. The van der Waals surface area contributed by atoms with E-state index in [1.807, 2.05) is 55.5 Å². The second-order valence-electron chi connectivity index (χ2n) is 5.31. The SMILES string of the molecule is COc1ccc(CC(=O)Nc2nnc(-c3ccccc3)s2)cc1C. The summed E-state index contributed by atoms with van der Waals surface area (Å²) in [4.78, 5) is 12.2. The van der Waals surface area contributed by atoms with Crippen LogP contribution >= 0.6 is 11.3 Å². The highest BCUT2D eigenvalue weighted by Crippen LogP contribution is 2.26. The largest absolute Gasteiger partial charge is 0.496 e. The molecule has 0 aliphatic heterocycles. The molecule has 6 heteroatoms. The van der Waals surface area contributed by atoms with E-state index in [0.717, 1.165) is 27.4 Å². The zero-order valence-corrected chi connectivity index (χ0v) is 14.3. The van der Waals surface area contributed by atoms with Gasteiger partial charge in [-0.2, -0.15) is 0 Å². The fraction of sp³-hybridized carbons (Fsp3) is 0.167. The second kappa shape index (κ2) is 7.23. The number of nitrogens with one attached hydrogen (secondary N) is 1. The van der Waals surface area contributed by atoms with E-state index >= 15 is 0 Å². The predicted octanol–water partition coefficient (Wildman–Crippen LogP) is 3.70. The van der Waals surface area contributed by atoms with E-state index < -0.39 is 0 Å². The van der Waals surface area contributed by atoms with Gasteiger partial charge in [0.2, 0.25) is 11.0 Å².